The molecule has 0 aliphatic carbocycles. The van der Waals surface area contributed by atoms with Gasteiger partial charge in [0.25, 0.3) is 11.5 Å². The quantitative estimate of drug-likeness (QED) is 0.215. The average Bonchev–Trinajstić information content (AvgIpc) is 3.51. The third-order valence-corrected chi connectivity index (χ3v) is 9.85. The van der Waals surface area contributed by atoms with E-state index in [0.29, 0.717) is 45.2 Å². The minimum Gasteiger partial charge on any atom is -0.496 e. The molecule has 4 aromatic carbocycles. The molecule has 3 heterocycles. The van der Waals surface area contributed by atoms with Crippen LogP contribution in [0.3, 0.4) is 0 Å². The van der Waals surface area contributed by atoms with Gasteiger partial charge in [0.15, 0.2) is 4.80 Å². The van der Waals surface area contributed by atoms with Gasteiger partial charge in [0.05, 0.1) is 42.8 Å². The maximum absolute atomic E-state index is 14.8. The molecule has 0 saturated heterocycles. The first-order chi connectivity index (χ1) is 22.3. The van der Waals surface area contributed by atoms with E-state index in [-0.39, 0.29) is 22.6 Å². The molecule has 0 N–H and O–H groups in total. The Kier molecular flexibility index (Phi) is 7.70. The number of hydrogen-bond acceptors (Lipinski definition) is 7. The van der Waals surface area contributed by atoms with Crippen LogP contribution >= 0.6 is 27.3 Å². The van der Waals surface area contributed by atoms with Crippen molar-refractivity contribution in [3.05, 3.63) is 137 Å². The molecule has 7 rings (SSSR count). The summed E-state index contributed by atoms with van der Waals surface area (Å²) in [7, 11) is 1.56. The highest BCUT2D eigenvalue weighted by Crippen LogP contribution is 2.41. The molecule has 1 atom stereocenters. The number of methoxy groups -OCH3 is 1. The summed E-state index contributed by atoms with van der Waals surface area (Å²) in [5, 5.41) is 1.74. The van der Waals surface area contributed by atoms with Crippen LogP contribution in [0.15, 0.2) is 110 Å². The summed E-state index contributed by atoms with van der Waals surface area (Å²) < 4.78 is 13.9. The summed E-state index contributed by atoms with van der Waals surface area (Å²) >= 11 is 4.70. The lowest BCUT2D eigenvalue weighted by Gasteiger charge is -2.27. The van der Waals surface area contributed by atoms with Crippen LogP contribution in [0, 0.1) is 0 Å². The number of fused-ring (bicyclic) bond motifs is 3. The van der Waals surface area contributed by atoms with Crippen molar-refractivity contribution in [2.75, 3.05) is 18.6 Å². The van der Waals surface area contributed by atoms with Gasteiger partial charge in [0, 0.05) is 15.6 Å². The fourth-order valence-corrected chi connectivity index (χ4v) is 7.79. The number of esters is 1. The Morgan fingerprint density at radius 2 is 1.76 bits per heavy atom. The van der Waals surface area contributed by atoms with Crippen LogP contribution in [0.1, 0.15) is 36.6 Å². The molecule has 0 unspecified atom stereocenters. The standard InChI is InChI=1S/C36H28BrN3O5S/c1-4-45-35(43)28-20(2)38-36-40(31(28)29-24-13-9-8-12-22(24)14-17-27(29)44-3)34(42)32(46-36)30-25-18-23(37)15-16-26(25)39(33(30)41)19-21-10-6-5-7-11-21/h5-18,31H,4,19H2,1-3H3/b32-30-/t31-/m0/s1. The molecular weight excluding hydrogens is 666 g/mol. The number of aromatic nitrogens is 1. The van der Waals surface area contributed by atoms with Gasteiger partial charge in [-0.25, -0.2) is 9.79 Å². The average molecular weight is 695 g/mol. The van der Waals surface area contributed by atoms with Crippen molar-refractivity contribution in [2.24, 2.45) is 4.99 Å². The minimum absolute atomic E-state index is 0.154. The molecule has 0 fully saturated rings. The number of benzene rings is 4. The zero-order valence-corrected chi connectivity index (χ0v) is 27.6. The van der Waals surface area contributed by atoms with Gasteiger partial charge >= 0.3 is 5.97 Å². The van der Waals surface area contributed by atoms with E-state index in [0.717, 1.165) is 32.1 Å². The highest BCUT2D eigenvalue weighted by molar-refractivity contribution is 9.10. The molecule has 8 nitrogen and oxygen atoms in total. The van der Waals surface area contributed by atoms with Gasteiger partial charge in [-0.2, -0.15) is 0 Å². The number of anilines is 1. The molecule has 10 heteroatoms. The maximum atomic E-state index is 14.8. The Hall–Kier alpha value is -4.80. The molecule has 2 aliphatic heterocycles. The zero-order valence-electron chi connectivity index (χ0n) is 25.2. The van der Waals surface area contributed by atoms with E-state index >= 15 is 0 Å². The predicted molar refractivity (Wildman–Crippen MR) is 182 cm³/mol. The second kappa shape index (κ2) is 11.9. The minimum atomic E-state index is -0.912. The van der Waals surface area contributed by atoms with Gasteiger partial charge < -0.3 is 14.4 Å². The molecule has 1 aromatic heterocycles. The van der Waals surface area contributed by atoms with E-state index in [9.17, 15) is 14.4 Å². The fraction of sp³-hybridized carbons (Fsp3) is 0.167. The smallest absolute Gasteiger partial charge is 0.338 e. The van der Waals surface area contributed by atoms with Crippen molar-refractivity contribution >= 4 is 61.2 Å². The van der Waals surface area contributed by atoms with Crippen molar-refractivity contribution in [3.63, 3.8) is 0 Å². The summed E-state index contributed by atoms with van der Waals surface area (Å²) in [6, 6.07) is 26.0. The van der Waals surface area contributed by atoms with Crippen LogP contribution in [0.25, 0.3) is 16.3 Å². The summed E-state index contributed by atoms with van der Waals surface area (Å²) in [5.74, 6) is -0.330. The van der Waals surface area contributed by atoms with Gasteiger partial charge in [-0.1, -0.05) is 87.9 Å². The molecule has 2 aliphatic rings. The second-order valence-corrected chi connectivity index (χ2v) is 12.8. The Labute approximate surface area is 276 Å². The number of nitrogens with zero attached hydrogens (tertiary/aromatic N) is 3. The van der Waals surface area contributed by atoms with Crippen molar-refractivity contribution in [1.29, 1.82) is 0 Å². The zero-order chi connectivity index (χ0) is 32.1. The van der Waals surface area contributed by atoms with E-state index in [2.05, 4.69) is 15.9 Å². The Morgan fingerprint density at radius 1 is 1.00 bits per heavy atom. The van der Waals surface area contributed by atoms with Gasteiger partial charge in [0.1, 0.15) is 16.3 Å². The Morgan fingerprint density at radius 3 is 2.52 bits per heavy atom. The number of rotatable bonds is 6. The molecule has 5 aromatic rings. The van der Waals surface area contributed by atoms with E-state index in [1.165, 1.54) is 4.57 Å². The molecule has 230 valence electrons. The predicted octanol–water partition coefficient (Wildman–Crippen LogP) is 5.64. The van der Waals surface area contributed by atoms with E-state index < -0.39 is 17.6 Å². The largest absolute Gasteiger partial charge is 0.496 e. The van der Waals surface area contributed by atoms with Crippen LogP contribution in [-0.4, -0.2) is 30.2 Å². The second-order valence-electron chi connectivity index (χ2n) is 10.9. The number of thiazole rings is 1. The molecular formula is C36H28BrN3O5S. The lowest BCUT2D eigenvalue weighted by molar-refractivity contribution is -0.139. The normalized spacial score (nSPS) is 16.7. The summed E-state index contributed by atoms with van der Waals surface area (Å²) in [6.45, 7) is 3.98. The molecule has 0 saturated carbocycles. The number of carbonyl (C=O) groups excluding carboxylic acids is 2. The van der Waals surface area contributed by atoms with Gasteiger partial charge in [0.2, 0.25) is 0 Å². The number of amides is 1. The number of hydrogen-bond donors (Lipinski definition) is 0. The number of allylic oxidation sites excluding steroid dienone is 1. The van der Waals surface area contributed by atoms with Gasteiger partial charge in [-0.15, -0.1) is 0 Å². The third-order valence-electron chi connectivity index (χ3n) is 8.30. The number of carbonyl (C=O) groups is 2. The topological polar surface area (TPSA) is 90.2 Å². The lowest BCUT2D eigenvalue weighted by Crippen LogP contribution is -2.41. The van der Waals surface area contributed by atoms with Crippen LogP contribution < -0.4 is 24.5 Å². The maximum Gasteiger partial charge on any atom is 0.338 e. The highest BCUT2D eigenvalue weighted by Gasteiger charge is 2.39. The number of halogens is 1. The SMILES string of the molecule is CCOC(=O)C1=C(C)N=c2s/c(=C3\C(=O)N(Cc4ccccc4)c4ccc(Br)cc43)c(=O)n2[C@@H]1c1c(OC)ccc2ccccc12. The van der Waals surface area contributed by atoms with E-state index in [1.54, 1.807) is 25.9 Å². The summed E-state index contributed by atoms with van der Waals surface area (Å²) in [4.78, 5) is 49.5. The fourth-order valence-electron chi connectivity index (χ4n) is 6.30. The molecule has 0 spiro atoms. The Balaban J connectivity index is 1.53. The summed E-state index contributed by atoms with van der Waals surface area (Å²) in [5.41, 5.74) is 3.53. The van der Waals surface area contributed by atoms with Crippen LogP contribution in [0.5, 0.6) is 5.75 Å². The molecule has 0 radical (unpaired) electrons. The third kappa shape index (κ3) is 4.80. The van der Waals surface area contributed by atoms with Gasteiger partial charge in [-0.05, 0) is 54.4 Å². The molecule has 1 amide bonds. The summed E-state index contributed by atoms with van der Waals surface area (Å²) in [6.07, 6.45) is 0. The van der Waals surface area contributed by atoms with E-state index in [4.69, 9.17) is 14.5 Å². The first-order valence-corrected chi connectivity index (χ1v) is 16.4. The van der Waals surface area contributed by atoms with Crippen LogP contribution in [0.4, 0.5) is 5.69 Å². The number of ether oxygens (including phenoxy) is 2. The van der Waals surface area contributed by atoms with Crippen molar-refractivity contribution < 1.29 is 19.1 Å². The lowest BCUT2D eigenvalue weighted by atomic mass is 9.90. The van der Waals surface area contributed by atoms with Crippen molar-refractivity contribution in [3.8, 4) is 5.75 Å². The van der Waals surface area contributed by atoms with Crippen molar-refractivity contribution in [2.45, 2.75) is 26.4 Å². The van der Waals surface area contributed by atoms with Crippen molar-refractivity contribution in [1.82, 2.24) is 4.57 Å². The molecule has 0 bridgehead atoms. The molecule has 46 heavy (non-hydrogen) atoms. The Bertz CT molecular complexity index is 2290. The van der Waals surface area contributed by atoms with Gasteiger partial charge in [-0.3, -0.25) is 14.2 Å². The van der Waals surface area contributed by atoms with Crippen LogP contribution in [0.2, 0.25) is 0 Å². The highest BCUT2D eigenvalue weighted by atomic mass is 79.9. The first kappa shape index (κ1) is 29.9. The van der Waals surface area contributed by atoms with E-state index in [1.807, 2.05) is 84.9 Å². The monoisotopic (exact) mass is 693 g/mol. The first-order valence-electron chi connectivity index (χ1n) is 14.8. The van der Waals surface area contributed by atoms with Crippen LogP contribution in [-0.2, 0) is 20.9 Å².